The minimum atomic E-state index is 0. The number of thiazole rings is 1. The van der Waals surface area contributed by atoms with Crippen LogP contribution in [-0.2, 0) is 12.8 Å². The van der Waals surface area contributed by atoms with Gasteiger partial charge in [-0.15, -0.1) is 35.3 Å². The summed E-state index contributed by atoms with van der Waals surface area (Å²) in [4.78, 5) is 13.7. The fourth-order valence-electron chi connectivity index (χ4n) is 3.87. The van der Waals surface area contributed by atoms with Gasteiger partial charge in [0.25, 0.3) is 0 Å². The minimum Gasteiger partial charge on any atom is -0.370 e. The summed E-state index contributed by atoms with van der Waals surface area (Å²) in [6.07, 6.45) is 4.05. The molecule has 1 aliphatic heterocycles. The van der Waals surface area contributed by atoms with E-state index in [4.69, 9.17) is 10.7 Å². The number of rotatable bonds is 3. The van der Waals surface area contributed by atoms with Crippen molar-refractivity contribution in [3.8, 4) is 0 Å². The number of anilines is 1. The maximum absolute atomic E-state index is 6.30. The van der Waals surface area contributed by atoms with Gasteiger partial charge >= 0.3 is 0 Å². The molecule has 4 rings (SSSR count). The van der Waals surface area contributed by atoms with Crippen molar-refractivity contribution in [1.82, 2.24) is 9.88 Å². The molecule has 1 saturated heterocycles. The highest BCUT2D eigenvalue weighted by Crippen LogP contribution is 2.36. The lowest BCUT2D eigenvalue weighted by Crippen LogP contribution is -2.51. The zero-order chi connectivity index (χ0) is 17.3. The average Bonchev–Trinajstić information content (AvgIpc) is 3.27. The van der Waals surface area contributed by atoms with Crippen LogP contribution < -0.4 is 10.6 Å². The van der Waals surface area contributed by atoms with Gasteiger partial charge < -0.3 is 15.5 Å². The third-order valence-electron chi connectivity index (χ3n) is 5.27. The Kier molecular flexibility index (Phi) is 6.06. The molecule has 1 aromatic carbocycles. The van der Waals surface area contributed by atoms with Crippen LogP contribution >= 0.6 is 35.3 Å². The molecule has 1 aromatic heterocycles. The number of piperazine rings is 1. The molecule has 7 heteroatoms. The summed E-state index contributed by atoms with van der Waals surface area (Å²) in [5, 5.41) is 3.13. The van der Waals surface area contributed by atoms with Crippen molar-refractivity contribution in [3.63, 3.8) is 0 Å². The van der Waals surface area contributed by atoms with Crippen LogP contribution in [0.25, 0.3) is 0 Å². The van der Waals surface area contributed by atoms with E-state index in [0.29, 0.717) is 5.96 Å². The number of aliphatic imine (C=N–C) groups is 1. The molecule has 2 aromatic rings. The lowest BCUT2D eigenvalue weighted by atomic mass is 9.87. The number of hydrogen-bond donors (Lipinski definition) is 1. The quantitative estimate of drug-likeness (QED) is 0.415. The SMILES string of the molecule is CC1(CN=C(N)N2CCN(c3nccs3)CC2)Cc2ccccc2C1.I. The second kappa shape index (κ2) is 8.12. The summed E-state index contributed by atoms with van der Waals surface area (Å²) in [7, 11) is 0. The average molecular weight is 483 g/mol. The maximum atomic E-state index is 6.30. The van der Waals surface area contributed by atoms with Crippen LogP contribution in [0, 0.1) is 5.41 Å². The number of guanidine groups is 1. The Morgan fingerprint density at radius 1 is 1.19 bits per heavy atom. The summed E-state index contributed by atoms with van der Waals surface area (Å²) < 4.78 is 0. The predicted molar refractivity (Wildman–Crippen MR) is 120 cm³/mol. The van der Waals surface area contributed by atoms with E-state index in [1.165, 1.54) is 11.1 Å². The van der Waals surface area contributed by atoms with E-state index in [1.54, 1.807) is 11.3 Å². The van der Waals surface area contributed by atoms with Crippen molar-refractivity contribution in [3.05, 3.63) is 47.0 Å². The molecule has 2 aliphatic rings. The fourth-order valence-corrected chi connectivity index (χ4v) is 4.56. The highest BCUT2D eigenvalue weighted by atomic mass is 127. The van der Waals surface area contributed by atoms with Gasteiger partial charge in [-0.25, -0.2) is 4.98 Å². The van der Waals surface area contributed by atoms with Crippen molar-refractivity contribution >= 4 is 46.4 Å². The summed E-state index contributed by atoms with van der Waals surface area (Å²) in [5.41, 5.74) is 9.43. The molecule has 0 amide bonds. The first-order chi connectivity index (χ1) is 12.1. The largest absolute Gasteiger partial charge is 0.370 e. The Bertz CT molecular complexity index is 728. The normalized spacial score (nSPS) is 19.2. The molecule has 0 spiro atoms. The highest BCUT2D eigenvalue weighted by molar-refractivity contribution is 14.0. The molecule has 0 atom stereocenters. The van der Waals surface area contributed by atoms with Gasteiger partial charge in [-0.3, -0.25) is 4.99 Å². The lowest BCUT2D eigenvalue weighted by Gasteiger charge is -2.35. The number of hydrogen-bond acceptors (Lipinski definition) is 4. The summed E-state index contributed by atoms with van der Waals surface area (Å²) in [6, 6.07) is 8.74. The number of aromatic nitrogens is 1. The molecule has 0 radical (unpaired) electrons. The van der Waals surface area contributed by atoms with Crippen molar-refractivity contribution in [2.24, 2.45) is 16.1 Å². The van der Waals surface area contributed by atoms with Crippen molar-refractivity contribution in [2.75, 3.05) is 37.6 Å². The van der Waals surface area contributed by atoms with E-state index in [0.717, 1.165) is 50.7 Å². The molecular formula is C19H26IN5S. The molecule has 1 fully saturated rings. The van der Waals surface area contributed by atoms with Gasteiger partial charge in [-0.2, -0.15) is 0 Å². The zero-order valence-electron chi connectivity index (χ0n) is 15.1. The third-order valence-corrected chi connectivity index (χ3v) is 6.10. The van der Waals surface area contributed by atoms with Gasteiger partial charge in [0.1, 0.15) is 0 Å². The second-order valence-electron chi connectivity index (χ2n) is 7.40. The molecule has 0 unspecified atom stereocenters. The summed E-state index contributed by atoms with van der Waals surface area (Å²) >= 11 is 1.69. The first-order valence-corrected chi connectivity index (χ1v) is 9.77. The highest BCUT2D eigenvalue weighted by Gasteiger charge is 2.32. The number of nitrogens with zero attached hydrogens (tertiary/aromatic N) is 4. The van der Waals surface area contributed by atoms with Gasteiger partial charge in [0.2, 0.25) is 0 Å². The summed E-state index contributed by atoms with van der Waals surface area (Å²) in [5.74, 6) is 0.691. The van der Waals surface area contributed by atoms with Crippen molar-refractivity contribution in [1.29, 1.82) is 0 Å². The minimum absolute atomic E-state index is 0. The van der Waals surface area contributed by atoms with Crippen LogP contribution in [0.15, 0.2) is 40.8 Å². The molecular weight excluding hydrogens is 457 g/mol. The first kappa shape index (κ1) is 19.4. The number of halogens is 1. The van der Waals surface area contributed by atoms with E-state index in [9.17, 15) is 0 Å². The molecule has 2 heterocycles. The summed E-state index contributed by atoms with van der Waals surface area (Å²) in [6.45, 7) is 6.83. The van der Waals surface area contributed by atoms with Crippen LogP contribution in [-0.4, -0.2) is 48.6 Å². The first-order valence-electron chi connectivity index (χ1n) is 8.89. The molecule has 2 N–H and O–H groups in total. The molecule has 0 bridgehead atoms. The van der Waals surface area contributed by atoms with Gasteiger partial charge in [0, 0.05) is 44.3 Å². The molecule has 0 saturated carbocycles. The standard InChI is InChI=1S/C19H25N5S.HI/c1-19(12-15-4-2-3-5-16(15)13-19)14-22-17(20)23-7-9-24(10-8-23)18-21-6-11-25-18;/h2-6,11H,7-10,12-14H2,1H3,(H2,20,22);1H. The van der Waals surface area contributed by atoms with E-state index in [2.05, 4.69) is 46.0 Å². The monoisotopic (exact) mass is 483 g/mol. The Labute approximate surface area is 176 Å². The van der Waals surface area contributed by atoms with Crippen LogP contribution in [0.4, 0.5) is 5.13 Å². The molecule has 1 aliphatic carbocycles. The second-order valence-corrected chi connectivity index (χ2v) is 8.27. The van der Waals surface area contributed by atoms with Crippen LogP contribution in [0.1, 0.15) is 18.1 Å². The Hall–Kier alpha value is -1.35. The van der Waals surface area contributed by atoms with E-state index < -0.39 is 0 Å². The van der Waals surface area contributed by atoms with Crippen LogP contribution in [0.2, 0.25) is 0 Å². The van der Waals surface area contributed by atoms with E-state index in [1.807, 2.05) is 11.6 Å². The van der Waals surface area contributed by atoms with Crippen LogP contribution in [0.3, 0.4) is 0 Å². The third kappa shape index (κ3) is 4.14. The zero-order valence-corrected chi connectivity index (χ0v) is 18.2. The molecule has 26 heavy (non-hydrogen) atoms. The predicted octanol–water partition coefficient (Wildman–Crippen LogP) is 3.00. The molecule has 5 nitrogen and oxygen atoms in total. The fraction of sp³-hybridized carbons (Fsp3) is 0.474. The molecule has 140 valence electrons. The number of benzene rings is 1. The lowest BCUT2D eigenvalue weighted by molar-refractivity contribution is 0.348. The maximum Gasteiger partial charge on any atom is 0.191 e. The number of fused-ring (bicyclic) bond motifs is 1. The van der Waals surface area contributed by atoms with E-state index >= 15 is 0 Å². The van der Waals surface area contributed by atoms with Crippen molar-refractivity contribution < 1.29 is 0 Å². The van der Waals surface area contributed by atoms with Crippen molar-refractivity contribution in [2.45, 2.75) is 19.8 Å². The number of nitrogens with two attached hydrogens (primary N) is 1. The van der Waals surface area contributed by atoms with Gasteiger partial charge in [0.15, 0.2) is 11.1 Å². The Morgan fingerprint density at radius 2 is 1.85 bits per heavy atom. The Balaban J connectivity index is 0.00000196. The van der Waals surface area contributed by atoms with Gasteiger partial charge in [-0.05, 0) is 29.4 Å². The Morgan fingerprint density at radius 3 is 2.42 bits per heavy atom. The van der Waals surface area contributed by atoms with Gasteiger partial charge in [-0.1, -0.05) is 31.2 Å². The van der Waals surface area contributed by atoms with E-state index in [-0.39, 0.29) is 29.4 Å². The van der Waals surface area contributed by atoms with Crippen LogP contribution in [0.5, 0.6) is 0 Å². The smallest absolute Gasteiger partial charge is 0.191 e. The topological polar surface area (TPSA) is 57.8 Å². The van der Waals surface area contributed by atoms with Gasteiger partial charge in [0.05, 0.1) is 0 Å².